The lowest BCUT2D eigenvalue weighted by atomic mass is 9.91. The van der Waals surface area contributed by atoms with Crippen LogP contribution in [0.1, 0.15) is 68.7 Å². The Morgan fingerprint density at radius 2 is 1.66 bits per heavy atom. The van der Waals surface area contributed by atoms with Gasteiger partial charge in [-0.3, -0.25) is 19.4 Å². The first kappa shape index (κ1) is 28.3. The number of hydrogen-bond acceptors (Lipinski definition) is 6. The van der Waals surface area contributed by atoms with Crippen LogP contribution in [-0.4, -0.2) is 65.9 Å². The highest BCUT2D eigenvalue weighted by Gasteiger charge is 2.25. The van der Waals surface area contributed by atoms with Crippen LogP contribution in [0.5, 0.6) is 0 Å². The summed E-state index contributed by atoms with van der Waals surface area (Å²) in [6.07, 6.45) is 7.43. The zero-order valence-corrected chi connectivity index (χ0v) is 23.5. The molecule has 2 fully saturated rings. The molecule has 2 heterocycles. The van der Waals surface area contributed by atoms with Crippen molar-refractivity contribution in [2.24, 2.45) is 5.73 Å². The monoisotopic (exact) mass is 554 g/mol. The molecule has 2 aliphatic rings. The van der Waals surface area contributed by atoms with E-state index in [2.05, 4.69) is 20.5 Å². The lowest BCUT2D eigenvalue weighted by Gasteiger charge is -2.28. The van der Waals surface area contributed by atoms with Crippen molar-refractivity contribution in [2.45, 2.75) is 51.1 Å². The van der Waals surface area contributed by atoms with Gasteiger partial charge in [-0.25, -0.2) is 0 Å². The van der Waals surface area contributed by atoms with Crippen molar-refractivity contribution in [3.05, 3.63) is 89.2 Å². The molecular formula is C32H38N6O3. The third kappa shape index (κ3) is 7.10. The Labute approximate surface area is 241 Å². The van der Waals surface area contributed by atoms with Crippen LogP contribution in [0, 0.1) is 6.92 Å². The van der Waals surface area contributed by atoms with Gasteiger partial charge in [-0.2, -0.15) is 0 Å². The number of aromatic nitrogens is 1. The number of nitrogens with zero attached hydrogens (tertiary/aromatic N) is 3. The van der Waals surface area contributed by atoms with Gasteiger partial charge < -0.3 is 26.2 Å². The van der Waals surface area contributed by atoms with Crippen LogP contribution in [0.15, 0.2) is 67.0 Å². The molecule has 0 unspecified atom stereocenters. The summed E-state index contributed by atoms with van der Waals surface area (Å²) in [5.74, 6) is -0.444. The average molecular weight is 555 g/mol. The fourth-order valence-electron chi connectivity index (χ4n) is 5.60. The standard InChI is InChI=1S/C32H38N6O3/c1-22-5-2-6-24(19-22)32(41)38-16-4-15-37(17-18-38)29-13-8-23(30(39)35-27-11-9-26(33)10-12-27)20-28(29)36-31(40)25-7-3-14-34-21-25/h2-3,5-8,13-14,19-21,26-27H,4,9-12,15-18,33H2,1H3,(H,35,39)(H,36,40). The molecule has 5 rings (SSSR count). The first-order valence-electron chi connectivity index (χ1n) is 14.4. The van der Waals surface area contributed by atoms with Crippen molar-refractivity contribution in [3.63, 3.8) is 0 Å². The van der Waals surface area contributed by atoms with Gasteiger partial charge in [-0.15, -0.1) is 0 Å². The van der Waals surface area contributed by atoms with E-state index in [-0.39, 0.29) is 29.8 Å². The molecule has 0 atom stereocenters. The van der Waals surface area contributed by atoms with E-state index in [0.717, 1.165) is 43.4 Å². The molecule has 214 valence electrons. The maximum atomic E-state index is 13.2. The molecule has 2 aromatic carbocycles. The summed E-state index contributed by atoms with van der Waals surface area (Å²) in [6.45, 7) is 4.49. The minimum atomic E-state index is -0.302. The molecule has 1 aliphatic carbocycles. The Kier molecular flexibility index (Phi) is 8.94. The number of pyridine rings is 1. The summed E-state index contributed by atoms with van der Waals surface area (Å²) in [4.78, 5) is 47.7. The van der Waals surface area contributed by atoms with Crippen molar-refractivity contribution >= 4 is 29.1 Å². The number of nitrogens with one attached hydrogen (secondary N) is 2. The maximum absolute atomic E-state index is 13.2. The van der Waals surface area contributed by atoms with Gasteiger partial charge in [0.1, 0.15) is 0 Å². The summed E-state index contributed by atoms with van der Waals surface area (Å²) in [5.41, 5.74) is 10.0. The molecule has 4 N–H and O–H groups in total. The number of amides is 3. The summed E-state index contributed by atoms with van der Waals surface area (Å²) in [6, 6.07) is 16.8. The molecule has 9 heteroatoms. The Morgan fingerprint density at radius 1 is 0.854 bits per heavy atom. The number of hydrogen-bond donors (Lipinski definition) is 3. The van der Waals surface area contributed by atoms with Crippen LogP contribution in [0.4, 0.5) is 11.4 Å². The molecule has 3 amide bonds. The Morgan fingerprint density at radius 3 is 2.41 bits per heavy atom. The van der Waals surface area contributed by atoms with Crippen molar-refractivity contribution in [2.75, 3.05) is 36.4 Å². The maximum Gasteiger partial charge on any atom is 0.257 e. The second-order valence-electron chi connectivity index (χ2n) is 11.0. The SMILES string of the molecule is Cc1cccc(C(=O)N2CCCN(c3ccc(C(=O)NC4CCC(N)CC4)cc3NC(=O)c3cccnc3)CC2)c1. The molecule has 9 nitrogen and oxygen atoms in total. The van der Waals surface area contributed by atoms with E-state index < -0.39 is 0 Å². The lowest BCUT2D eigenvalue weighted by Crippen LogP contribution is -2.40. The average Bonchev–Trinajstić information content (AvgIpc) is 3.25. The zero-order valence-electron chi connectivity index (χ0n) is 23.5. The Balaban J connectivity index is 1.35. The van der Waals surface area contributed by atoms with Crippen molar-refractivity contribution in [1.29, 1.82) is 0 Å². The van der Waals surface area contributed by atoms with Crippen LogP contribution in [0.3, 0.4) is 0 Å². The number of anilines is 2. The number of carbonyl (C=O) groups excluding carboxylic acids is 3. The number of rotatable bonds is 6. The lowest BCUT2D eigenvalue weighted by molar-refractivity contribution is 0.0766. The number of nitrogens with two attached hydrogens (primary N) is 1. The van der Waals surface area contributed by atoms with Crippen LogP contribution in [0.2, 0.25) is 0 Å². The van der Waals surface area contributed by atoms with Crippen molar-refractivity contribution < 1.29 is 14.4 Å². The molecule has 1 aliphatic heterocycles. The van der Waals surface area contributed by atoms with Gasteiger partial charge in [0.15, 0.2) is 0 Å². The van der Waals surface area contributed by atoms with Gasteiger partial charge in [-0.05, 0) is 81.5 Å². The highest BCUT2D eigenvalue weighted by molar-refractivity contribution is 6.07. The zero-order chi connectivity index (χ0) is 28.8. The largest absolute Gasteiger partial charge is 0.368 e. The fourth-order valence-corrected chi connectivity index (χ4v) is 5.60. The Bertz CT molecular complexity index is 1390. The number of carbonyl (C=O) groups is 3. The van der Waals surface area contributed by atoms with E-state index in [1.807, 2.05) is 42.2 Å². The molecule has 0 radical (unpaired) electrons. The van der Waals surface area contributed by atoms with E-state index in [4.69, 9.17) is 5.73 Å². The summed E-state index contributed by atoms with van der Waals surface area (Å²) in [5, 5.41) is 6.16. The van der Waals surface area contributed by atoms with Gasteiger partial charge in [0, 0.05) is 61.8 Å². The van der Waals surface area contributed by atoms with E-state index in [1.165, 1.54) is 6.20 Å². The predicted octanol–water partition coefficient (Wildman–Crippen LogP) is 3.99. The second kappa shape index (κ2) is 13.0. The van der Waals surface area contributed by atoms with Crippen LogP contribution in [-0.2, 0) is 0 Å². The molecule has 1 aromatic heterocycles. The number of benzene rings is 2. The minimum absolute atomic E-state index is 0.0244. The fraction of sp³-hybridized carbons (Fsp3) is 0.375. The second-order valence-corrected chi connectivity index (χ2v) is 11.0. The smallest absolute Gasteiger partial charge is 0.257 e. The summed E-state index contributed by atoms with van der Waals surface area (Å²) in [7, 11) is 0. The quantitative estimate of drug-likeness (QED) is 0.424. The minimum Gasteiger partial charge on any atom is -0.368 e. The summed E-state index contributed by atoms with van der Waals surface area (Å²) < 4.78 is 0. The highest BCUT2D eigenvalue weighted by Crippen LogP contribution is 2.30. The predicted molar refractivity (Wildman–Crippen MR) is 160 cm³/mol. The molecular weight excluding hydrogens is 516 g/mol. The van der Waals surface area contributed by atoms with Crippen molar-refractivity contribution in [1.82, 2.24) is 15.2 Å². The van der Waals surface area contributed by atoms with E-state index in [9.17, 15) is 14.4 Å². The molecule has 1 saturated carbocycles. The van der Waals surface area contributed by atoms with Gasteiger partial charge in [-0.1, -0.05) is 17.7 Å². The van der Waals surface area contributed by atoms with Gasteiger partial charge >= 0.3 is 0 Å². The van der Waals surface area contributed by atoms with Crippen LogP contribution in [0.25, 0.3) is 0 Å². The van der Waals surface area contributed by atoms with E-state index in [1.54, 1.807) is 30.5 Å². The molecule has 3 aromatic rings. The Hall–Kier alpha value is -4.24. The number of aryl methyl sites for hydroxylation is 1. The molecule has 1 saturated heterocycles. The third-order valence-corrected chi connectivity index (χ3v) is 7.93. The normalized spacial score (nSPS) is 19.3. The first-order valence-corrected chi connectivity index (χ1v) is 14.4. The molecule has 0 spiro atoms. The van der Waals surface area contributed by atoms with Crippen molar-refractivity contribution in [3.8, 4) is 0 Å². The summed E-state index contributed by atoms with van der Waals surface area (Å²) >= 11 is 0. The molecule has 0 bridgehead atoms. The third-order valence-electron chi connectivity index (χ3n) is 7.93. The van der Waals surface area contributed by atoms with E-state index >= 15 is 0 Å². The highest BCUT2D eigenvalue weighted by atomic mass is 16.2. The first-order chi connectivity index (χ1) is 19.9. The van der Waals surface area contributed by atoms with Gasteiger partial charge in [0.05, 0.1) is 16.9 Å². The van der Waals surface area contributed by atoms with Crippen LogP contribution >= 0.6 is 0 Å². The molecule has 41 heavy (non-hydrogen) atoms. The van der Waals surface area contributed by atoms with Crippen LogP contribution < -0.4 is 21.3 Å². The van der Waals surface area contributed by atoms with Gasteiger partial charge in [0.2, 0.25) is 0 Å². The van der Waals surface area contributed by atoms with E-state index in [0.29, 0.717) is 48.6 Å². The van der Waals surface area contributed by atoms with Gasteiger partial charge in [0.25, 0.3) is 17.7 Å². The topological polar surface area (TPSA) is 121 Å².